The van der Waals surface area contributed by atoms with Crippen LogP contribution < -0.4 is 5.73 Å². The zero-order valence-corrected chi connectivity index (χ0v) is 42.3. The van der Waals surface area contributed by atoms with Gasteiger partial charge in [0.15, 0.2) is 5.78 Å². The van der Waals surface area contributed by atoms with Crippen molar-refractivity contribution in [3.05, 3.63) is 99.1 Å². The van der Waals surface area contributed by atoms with Crippen LogP contribution in [0, 0.1) is 17.8 Å². The number of hydrogen-bond donors (Lipinski definition) is 2. The fourth-order valence-corrected chi connectivity index (χ4v) is 6.44. The highest BCUT2D eigenvalue weighted by Crippen LogP contribution is 2.35. The Kier molecular flexibility index (Phi) is 29.3. The number of halogens is 1. The topological polar surface area (TPSA) is 126 Å². The first-order valence-corrected chi connectivity index (χ1v) is 23.7. The molecule has 0 saturated carbocycles. The van der Waals surface area contributed by atoms with Crippen molar-refractivity contribution in [1.29, 1.82) is 0 Å². The van der Waals surface area contributed by atoms with Gasteiger partial charge in [0.25, 0.3) is 0 Å². The quantitative estimate of drug-likeness (QED) is 0.0454. The monoisotopic (exact) mass is 897 g/mol. The molecule has 4 rings (SSSR count). The van der Waals surface area contributed by atoms with Crippen molar-refractivity contribution >= 4 is 48.0 Å². The molecule has 62 heavy (non-hydrogen) atoms. The highest BCUT2D eigenvalue weighted by Gasteiger charge is 2.24. The van der Waals surface area contributed by atoms with Gasteiger partial charge in [-0.1, -0.05) is 130 Å². The minimum Gasteiger partial charge on any atom is -0.460 e. The molecule has 1 aromatic carbocycles. The smallest absolute Gasteiger partial charge is 0.306 e. The Labute approximate surface area is 386 Å². The maximum atomic E-state index is 12.7. The van der Waals surface area contributed by atoms with Crippen LogP contribution >= 0.6 is 24.2 Å². The Bertz CT molecular complexity index is 1820. The lowest BCUT2D eigenvalue weighted by Crippen LogP contribution is -2.25. The zero-order chi connectivity index (χ0) is 47.6. The van der Waals surface area contributed by atoms with E-state index in [2.05, 4.69) is 103 Å². The molecular formula is C51H81ClN4O5S. The van der Waals surface area contributed by atoms with Gasteiger partial charge < -0.3 is 15.2 Å². The average Bonchev–Trinajstić information content (AvgIpc) is 3.61. The van der Waals surface area contributed by atoms with E-state index in [-0.39, 0.29) is 29.7 Å². The van der Waals surface area contributed by atoms with Crippen LogP contribution in [0.3, 0.4) is 0 Å². The summed E-state index contributed by atoms with van der Waals surface area (Å²) in [4.78, 5) is 37.3. The minimum absolute atomic E-state index is 0.0225. The van der Waals surface area contributed by atoms with Crippen LogP contribution in [0.15, 0.2) is 54.9 Å². The summed E-state index contributed by atoms with van der Waals surface area (Å²) in [5.74, 6) is 1.94. The summed E-state index contributed by atoms with van der Waals surface area (Å²) in [5.41, 5.74) is 12.8. The maximum Gasteiger partial charge on any atom is 0.306 e. The molecule has 348 valence electrons. The molecule has 3 heterocycles. The summed E-state index contributed by atoms with van der Waals surface area (Å²) in [5, 5.41) is 5.44. The van der Waals surface area contributed by atoms with E-state index in [9.17, 15) is 9.59 Å². The summed E-state index contributed by atoms with van der Waals surface area (Å²) in [6.07, 6.45) is 15.5. The molecule has 1 aliphatic heterocycles. The van der Waals surface area contributed by atoms with Gasteiger partial charge in [-0.3, -0.25) is 24.0 Å². The van der Waals surface area contributed by atoms with Gasteiger partial charge in [0, 0.05) is 46.8 Å². The first-order chi connectivity index (χ1) is 29.3. The fraction of sp³-hybridized carbons (Fsp3) is 0.588. The number of nitrogens with two attached hydrogens (primary N) is 1. The minimum atomic E-state index is -0.339. The number of primary amides is 1. The molecule has 0 radical (unpaired) electrons. The van der Waals surface area contributed by atoms with Gasteiger partial charge in [-0.15, -0.1) is 0 Å². The number of aryl methyl sites for hydroxylation is 1. The van der Waals surface area contributed by atoms with Crippen molar-refractivity contribution in [3.63, 3.8) is 0 Å². The molecule has 0 spiro atoms. The van der Waals surface area contributed by atoms with E-state index in [4.69, 9.17) is 36.0 Å². The Balaban J connectivity index is 0.00000133. The fourth-order valence-electron chi connectivity index (χ4n) is 6.17. The number of esters is 1. The van der Waals surface area contributed by atoms with Crippen LogP contribution in [0.2, 0.25) is 5.02 Å². The SMILES string of the molecule is C=C(/C=C(\c1cnn(Cc2ccc(C(=O)C(C)C)c(CC)c2)c1CC)c1ncc(C2COC2)cc1Cl)CCC.CC(C)CCC(=O)OC(C)(C)C.CCC(C)CC.CS.NC=O. The van der Waals surface area contributed by atoms with E-state index in [0.717, 1.165) is 88.4 Å². The number of benzene rings is 1. The molecule has 0 unspecified atom stereocenters. The van der Waals surface area contributed by atoms with E-state index in [1.807, 2.05) is 59.1 Å². The van der Waals surface area contributed by atoms with Gasteiger partial charge in [-0.05, 0) is 93.4 Å². The van der Waals surface area contributed by atoms with Gasteiger partial charge in [0.2, 0.25) is 6.41 Å². The molecule has 11 heteroatoms. The number of carbonyl (C=O) groups excluding carboxylic acids is 3. The van der Waals surface area contributed by atoms with Crippen molar-refractivity contribution in [2.45, 2.75) is 159 Å². The van der Waals surface area contributed by atoms with Crippen molar-refractivity contribution in [3.8, 4) is 0 Å². The van der Waals surface area contributed by atoms with E-state index < -0.39 is 0 Å². The molecule has 3 aromatic rings. The summed E-state index contributed by atoms with van der Waals surface area (Å²) < 4.78 is 12.6. The number of pyridine rings is 1. The second kappa shape index (κ2) is 31.2. The lowest BCUT2D eigenvalue weighted by atomic mass is 9.93. The molecule has 1 fully saturated rings. The first kappa shape index (κ1) is 58.3. The predicted molar refractivity (Wildman–Crippen MR) is 264 cm³/mol. The predicted octanol–water partition coefficient (Wildman–Crippen LogP) is 12.7. The lowest BCUT2D eigenvalue weighted by molar-refractivity contribution is -0.155. The van der Waals surface area contributed by atoms with Crippen molar-refractivity contribution in [2.75, 3.05) is 19.5 Å². The van der Waals surface area contributed by atoms with Crippen molar-refractivity contribution in [1.82, 2.24) is 14.8 Å². The number of nitrogens with zero attached hydrogens (tertiary/aromatic N) is 3. The third-order valence-corrected chi connectivity index (χ3v) is 10.4. The Morgan fingerprint density at radius 1 is 0.984 bits per heavy atom. The van der Waals surface area contributed by atoms with Crippen molar-refractivity contribution < 1.29 is 23.9 Å². The zero-order valence-electron chi connectivity index (χ0n) is 40.7. The summed E-state index contributed by atoms with van der Waals surface area (Å²) in [7, 11) is 0. The number of carbonyl (C=O) groups is 3. The molecular weight excluding hydrogens is 816 g/mol. The lowest BCUT2D eigenvalue weighted by Gasteiger charge is -2.26. The van der Waals surface area contributed by atoms with Gasteiger partial charge in [0.1, 0.15) is 5.60 Å². The number of aromatic nitrogens is 3. The summed E-state index contributed by atoms with van der Waals surface area (Å²) in [6.45, 7) is 33.3. The van der Waals surface area contributed by atoms with Crippen LogP contribution in [0.25, 0.3) is 5.57 Å². The van der Waals surface area contributed by atoms with Crippen LogP contribution in [-0.2, 0) is 38.4 Å². The number of rotatable bonds is 17. The number of ether oxygens (including phenoxy) is 2. The number of allylic oxidation sites excluding steroid dienone is 2. The average molecular weight is 898 g/mol. The van der Waals surface area contributed by atoms with Crippen LogP contribution in [-0.4, -0.2) is 58.0 Å². The molecule has 0 aliphatic carbocycles. The molecule has 2 N–H and O–H groups in total. The number of thiol groups is 1. The van der Waals surface area contributed by atoms with E-state index in [0.29, 0.717) is 43.0 Å². The van der Waals surface area contributed by atoms with Gasteiger partial charge in [-0.25, -0.2) is 0 Å². The molecule has 0 atom stereocenters. The highest BCUT2D eigenvalue weighted by molar-refractivity contribution is 7.79. The molecule has 1 saturated heterocycles. The molecule has 1 aliphatic rings. The Morgan fingerprint density at radius 3 is 2.03 bits per heavy atom. The van der Waals surface area contributed by atoms with Crippen LogP contribution in [0.4, 0.5) is 0 Å². The summed E-state index contributed by atoms with van der Waals surface area (Å²) >= 11 is 10.4. The molecule has 1 amide bonds. The first-order valence-electron chi connectivity index (χ1n) is 22.5. The highest BCUT2D eigenvalue weighted by atomic mass is 35.5. The van der Waals surface area contributed by atoms with E-state index in [1.165, 1.54) is 12.8 Å². The number of amides is 1. The third kappa shape index (κ3) is 21.1. The Hall–Kier alpha value is -3.73. The van der Waals surface area contributed by atoms with Gasteiger partial charge in [0.05, 0.1) is 36.7 Å². The number of Topliss-reactive ketones (excluding diaryl/α,β-unsaturated/α-hetero) is 1. The second-order valence-electron chi connectivity index (χ2n) is 17.3. The standard InChI is InChI=1S/C33H40ClN3O2.C10H20O2.C6H14.CH3NO.CH4S/c1-7-10-22(6)13-28(32-30(34)15-25(16-35-32)26-19-39-20-26)29-17-36-37(31(29)9-3)18-23-11-12-27(24(8-2)14-23)33(38)21(4)5;1-8(2)6-7-9(11)12-10(3,4)5;1-4-6(3)5-2;2-1-3;1-2/h11-17,21,26H,6-10,18-20H2,1-5H3;8H,6-7H2,1-5H3;6H,4-5H2,1-3H3;1H,(H2,2,3);2H,1H3/b28-13+;;;;. The van der Waals surface area contributed by atoms with E-state index in [1.54, 1.807) is 6.26 Å². The molecule has 2 aromatic heterocycles. The molecule has 0 bridgehead atoms. The van der Waals surface area contributed by atoms with Crippen LogP contribution in [0.5, 0.6) is 0 Å². The maximum absolute atomic E-state index is 12.7. The number of hydrogen-bond acceptors (Lipinski definition) is 8. The largest absolute Gasteiger partial charge is 0.460 e. The molecule has 9 nitrogen and oxygen atoms in total. The second-order valence-corrected chi connectivity index (χ2v) is 17.7. The van der Waals surface area contributed by atoms with E-state index >= 15 is 0 Å². The van der Waals surface area contributed by atoms with Crippen molar-refractivity contribution in [2.24, 2.45) is 23.5 Å². The normalized spacial score (nSPS) is 12.4. The van der Waals surface area contributed by atoms with Gasteiger partial charge >= 0.3 is 5.97 Å². The number of ketones is 1. The van der Waals surface area contributed by atoms with Gasteiger partial charge in [-0.2, -0.15) is 17.7 Å². The third-order valence-electron chi connectivity index (χ3n) is 10.1. The summed E-state index contributed by atoms with van der Waals surface area (Å²) in [6, 6.07) is 8.20. The Morgan fingerprint density at radius 2 is 1.60 bits per heavy atom. The van der Waals surface area contributed by atoms with Crippen LogP contribution in [0.1, 0.15) is 178 Å².